The molecular formula is C14H16N2OS. The van der Waals surface area contributed by atoms with Gasteiger partial charge in [0.05, 0.1) is 6.61 Å². The van der Waals surface area contributed by atoms with Crippen LogP contribution in [0.15, 0.2) is 36.4 Å². The average molecular weight is 260 g/mol. The van der Waals surface area contributed by atoms with Crippen molar-refractivity contribution in [3.05, 3.63) is 42.0 Å². The van der Waals surface area contributed by atoms with Crippen molar-refractivity contribution in [1.82, 2.24) is 0 Å². The van der Waals surface area contributed by atoms with Gasteiger partial charge in [-0.25, -0.2) is 0 Å². The summed E-state index contributed by atoms with van der Waals surface area (Å²) in [6.45, 7) is 1.44. The van der Waals surface area contributed by atoms with Gasteiger partial charge in [0.1, 0.15) is 4.99 Å². The number of thiocarbonyl (C=S) groups is 1. The lowest BCUT2D eigenvalue weighted by Gasteiger charge is -2.12. The van der Waals surface area contributed by atoms with Crippen LogP contribution in [0.5, 0.6) is 0 Å². The number of ether oxygens (including phenoxy) is 1. The predicted octanol–water partition coefficient (Wildman–Crippen LogP) is 2.53. The van der Waals surface area contributed by atoms with Gasteiger partial charge in [0.15, 0.2) is 0 Å². The van der Waals surface area contributed by atoms with Crippen LogP contribution in [0.3, 0.4) is 0 Å². The molecular weight excluding hydrogens is 244 g/mol. The van der Waals surface area contributed by atoms with Gasteiger partial charge >= 0.3 is 0 Å². The molecule has 0 atom stereocenters. The normalized spacial score (nSPS) is 10.5. The van der Waals surface area contributed by atoms with Crippen LogP contribution >= 0.6 is 12.2 Å². The summed E-state index contributed by atoms with van der Waals surface area (Å²) in [5, 5.41) is 5.55. The number of methoxy groups -OCH3 is 1. The first kappa shape index (κ1) is 12.8. The molecule has 18 heavy (non-hydrogen) atoms. The maximum Gasteiger partial charge on any atom is 0.104 e. The lowest BCUT2D eigenvalue weighted by Crippen LogP contribution is -2.11. The fourth-order valence-electron chi connectivity index (χ4n) is 1.96. The molecule has 0 radical (unpaired) electrons. The topological polar surface area (TPSA) is 47.3 Å². The van der Waals surface area contributed by atoms with Crippen LogP contribution in [0.1, 0.15) is 5.56 Å². The quantitative estimate of drug-likeness (QED) is 0.640. The Morgan fingerprint density at radius 1 is 1.22 bits per heavy atom. The minimum atomic E-state index is 0.426. The second-order valence-corrected chi connectivity index (χ2v) is 4.43. The van der Waals surface area contributed by atoms with Crippen LogP contribution in [-0.2, 0) is 4.74 Å². The molecule has 0 fully saturated rings. The first-order valence-corrected chi connectivity index (χ1v) is 6.19. The summed E-state index contributed by atoms with van der Waals surface area (Å²) >= 11 is 5.08. The van der Waals surface area contributed by atoms with E-state index in [-0.39, 0.29) is 0 Å². The van der Waals surface area contributed by atoms with Crippen LogP contribution in [0.25, 0.3) is 10.8 Å². The molecule has 0 heterocycles. The van der Waals surface area contributed by atoms with Crippen molar-refractivity contribution in [1.29, 1.82) is 0 Å². The minimum Gasteiger partial charge on any atom is -0.389 e. The molecule has 2 aromatic carbocycles. The Bertz CT molecular complexity index is 569. The number of nitrogens with two attached hydrogens (primary N) is 1. The smallest absolute Gasteiger partial charge is 0.104 e. The first-order chi connectivity index (χ1) is 8.74. The molecule has 0 spiro atoms. The van der Waals surface area contributed by atoms with Gasteiger partial charge in [-0.05, 0) is 17.5 Å². The van der Waals surface area contributed by atoms with Gasteiger partial charge in [0, 0.05) is 30.3 Å². The number of benzene rings is 2. The van der Waals surface area contributed by atoms with E-state index in [1.807, 2.05) is 30.3 Å². The summed E-state index contributed by atoms with van der Waals surface area (Å²) in [7, 11) is 1.69. The van der Waals surface area contributed by atoms with Gasteiger partial charge < -0.3 is 15.8 Å². The highest BCUT2D eigenvalue weighted by Crippen LogP contribution is 2.26. The van der Waals surface area contributed by atoms with Crippen molar-refractivity contribution < 1.29 is 4.74 Å². The molecule has 0 bridgehead atoms. The zero-order chi connectivity index (χ0) is 13.0. The zero-order valence-electron chi connectivity index (χ0n) is 10.3. The molecule has 3 nitrogen and oxygen atoms in total. The highest BCUT2D eigenvalue weighted by Gasteiger charge is 2.06. The third-order valence-electron chi connectivity index (χ3n) is 2.81. The van der Waals surface area contributed by atoms with Gasteiger partial charge in [-0.1, -0.05) is 36.5 Å². The van der Waals surface area contributed by atoms with Crippen molar-refractivity contribution in [2.24, 2.45) is 5.73 Å². The van der Waals surface area contributed by atoms with Crippen LogP contribution in [0.4, 0.5) is 5.69 Å². The molecule has 2 aromatic rings. The first-order valence-electron chi connectivity index (χ1n) is 5.78. The summed E-state index contributed by atoms with van der Waals surface area (Å²) in [5.41, 5.74) is 7.73. The van der Waals surface area contributed by atoms with Crippen LogP contribution in [0.2, 0.25) is 0 Å². The molecule has 0 aliphatic rings. The zero-order valence-corrected chi connectivity index (χ0v) is 11.1. The number of rotatable bonds is 5. The average Bonchev–Trinajstić information content (AvgIpc) is 2.38. The molecule has 2 rings (SSSR count). The van der Waals surface area contributed by atoms with E-state index < -0.39 is 0 Å². The number of fused-ring (bicyclic) bond motifs is 1. The molecule has 0 saturated carbocycles. The second-order valence-electron chi connectivity index (χ2n) is 3.99. The van der Waals surface area contributed by atoms with Crippen molar-refractivity contribution in [2.75, 3.05) is 25.6 Å². The van der Waals surface area contributed by atoms with Gasteiger partial charge in [-0.15, -0.1) is 0 Å². The summed E-state index contributed by atoms with van der Waals surface area (Å²) in [4.78, 5) is 0.426. The van der Waals surface area contributed by atoms with Crippen LogP contribution in [-0.4, -0.2) is 25.2 Å². The summed E-state index contributed by atoms with van der Waals surface area (Å²) in [6.07, 6.45) is 0. The summed E-state index contributed by atoms with van der Waals surface area (Å²) < 4.78 is 5.03. The standard InChI is InChI=1S/C14H16N2OS/c1-17-9-8-16-13-7-6-12(14(15)18)10-4-2-3-5-11(10)13/h2-7,16H,8-9H2,1H3,(H2,15,18). The van der Waals surface area contributed by atoms with Gasteiger partial charge in [-0.2, -0.15) is 0 Å². The lowest BCUT2D eigenvalue weighted by molar-refractivity contribution is 0.211. The predicted molar refractivity (Wildman–Crippen MR) is 80.2 cm³/mol. The monoisotopic (exact) mass is 260 g/mol. The number of anilines is 1. The van der Waals surface area contributed by atoms with Crippen LogP contribution in [0, 0.1) is 0 Å². The van der Waals surface area contributed by atoms with Gasteiger partial charge in [0.25, 0.3) is 0 Å². The lowest BCUT2D eigenvalue weighted by atomic mass is 10.0. The van der Waals surface area contributed by atoms with E-state index in [0.29, 0.717) is 11.6 Å². The molecule has 3 N–H and O–H groups in total. The van der Waals surface area contributed by atoms with Crippen molar-refractivity contribution in [2.45, 2.75) is 0 Å². The van der Waals surface area contributed by atoms with E-state index in [1.165, 1.54) is 0 Å². The SMILES string of the molecule is COCCNc1ccc(C(N)=S)c2ccccc12. The molecule has 0 aromatic heterocycles. The molecule has 0 aliphatic heterocycles. The van der Waals surface area contributed by atoms with E-state index in [0.717, 1.165) is 28.6 Å². The Kier molecular flexibility index (Phi) is 4.12. The fourth-order valence-corrected chi connectivity index (χ4v) is 2.13. The van der Waals surface area contributed by atoms with E-state index in [1.54, 1.807) is 7.11 Å². The van der Waals surface area contributed by atoms with Crippen molar-refractivity contribution >= 4 is 33.7 Å². The Morgan fingerprint density at radius 3 is 2.61 bits per heavy atom. The number of nitrogens with one attached hydrogen (secondary N) is 1. The Hall–Kier alpha value is -1.65. The van der Waals surface area contributed by atoms with E-state index in [4.69, 9.17) is 22.7 Å². The number of hydrogen-bond acceptors (Lipinski definition) is 3. The summed E-state index contributed by atoms with van der Waals surface area (Å²) in [6, 6.07) is 12.1. The van der Waals surface area contributed by atoms with Gasteiger partial charge in [-0.3, -0.25) is 0 Å². The molecule has 0 amide bonds. The molecule has 0 unspecified atom stereocenters. The highest BCUT2D eigenvalue weighted by atomic mass is 32.1. The van der Waals surface area contributed by atoms with Gasteiger partial charge in [0.2, 0.25) is 0 Å². The molecule has 4 heteroatoms. The molecule has 94 valence electrons. The highest BCUT2D eigenvalue weighted by molar-refractivity contribution is 7.80. The summed E-state index contributed by atoms with van der Waals surface area (Å²) in [5.74, 6) is 0. The van der Waals surface area contributed by atoms with E-state index in [9.17, 15) is 0 Å². The Morgan fingerprint density at radius 2 is 1.94 bits per heavy atom. The van der Waals surface area contributed by atoms with Crippen LogP contribution < -0.4 is 11.1 Å². The third kappa shape index (κ3) is 2.60. The largest absolute Gasteiger partial charge is 0.389 e. The number of hydrogen-bond donors (Lipinski definition) is 2. The van der Waals surface area contributed by atoms with E-state index >= 15 is 0 Å². The van der Waals surface area contributed by atoms with Crippen molar-refractivity contribution in [3.8, 4) is 0 Å². The Balaban J connectivity index is 2.44. The molecule has 0 saturated heterocycles. The van der Waals surface area contributed by atoms with E-state index in [2.05, 4.69) is 11.4 Å². The maximum atomic E-state index is 5.74. The second kappa shape index (κ2) is 5.80. The fraction of sp³-hybridized carbons (Fsp3) is 0.214. The molecule has 0 aliphatic carbocycles. The minimum absolute atomic E-state index is 0.426. The maximum absolute atomic E-state index is 5.74. The van der Waals surface area contributed by atoms with Crippen molar-refractivity contribution in [3.63, 3.8) is 0 Å². The Labute approximate surface area is 112 Å². The third-order valence-corrected chi connectivity index (χ3v) is 3.03.